The third kappa shape index (κ3) is 9.52. The summed E-state index contributed by atoms with van der Waals surface area (Å²) in [7, 11) is 0. The summed E-state index contributed by atoms with van der Waals surface area (Å²) in [6, 6.07) is 0. The molecule has 1 unspecified atom stereocenters. The van der Waals surface area contributed by atoms with Crippen LogP contribution in [-0.4, -0.2) is 24.3 Å². The molecule has 0 aromatic carbocycles. The average molecular weight is 202 g/mol. The SMILES string of the molecule is CCCCOCC(C)CCCC(=O)O. The molecular weight excluding hydrogens is 180 g/mol. The predicted molar refractivity (Wildman–Crippen MR) is 56.4 cm³/mol. The van der Waals surface area contributed by atoms with Gasteiger partial charge in [-0.05, 0) is 25.2 Å². The van der Waals surface area contributed by atoms with Gasteiger partial charge < -0.3 is 9.84 Å². The lowest BCUT2D eigenvalue weighted by molar-refractivity contribution is -0.137. The van der Waals surface area contributed by atoms with Gasteiger partial charge >= 0.3 is 5.97 Å². The highest BCUT2D eigenvalue weighted by Gasteiger charge is 2.03. The lowest BCUT2D eigenvalue weighted by Gasteiger charge is -2.10. The van der Waals surface area contributed by atoms with Crippen molar-refractivity contribution in [2.75, 3.05) is 13.2 Å². The fraction of sp³-hybridized carbons (Fsp3) is 0.909. The molecule has 1 N–H and O–H groups in total. The fourth-order valence-corrected chi connectivity index (χ4v) is 1.22. The molecule has 0 rings (SSSR count). The summed E-state index contributed by atoms with van der Waals surface area (Å²) in [6.07, 6.45) is 4.25. The highest BCUT2D eigenvalue weighted by Crippen LogP contribution is 2.08. The smallest absolute Gasteiger partial charge is 0.303 e. The molecule has 3 heteroatoms. The van der Waals surface area contributed by atoms with Crippen LogP contribution in [0.15, 0.2) is 0 Å². The van der Waals surface area contributed by atoms with Gasteiger partial charge in [0.05, 0.1) is 0 Å². The van der Waals surface area contributed by atoms with Gasteiger partial charge in [0.1, 0.15) is 0 Å². The first-order valence-electron chi connectivity index (χ1n) is 5.46. The van der Waals surface area contributed by atoms with E-state index in [1.807, 2.05) is 0 Å². The molecule has 0 aromatic heterocycles. The van der Waals surface area contributed by atoms with Crippen molar-refractivity contribution in [2.45, 2.75) is 46.0 Å². The number of carboxylic acids is 1. The molecule has 0 aliphatic carbocycles. The van der Waals surface area contributed by atoms with Gasteiger partial charge in [-0.15, -0.1) is 0 Å². The van der Waals surface area contributed by atoms with E-state index in [4.69, 9.17) is 9.84 Å². The number of hydrogen-bond donors (Lipinski definition) is 1. The van der Waals surface area contributed by atoms with E-state index in [1.54, 1.807) is 0 Å². The predicted octanol–water partition coefficient (Wildman–Crippen LogP) is 2.69. The minimum Gasteiger partial charge on any atom is -0.481 e. The van der Waals surface area contributed by atoms with Crippen molar-refractivity contribution in [1.82, 2.24) is 0 Å². The van der Waals surface area contributed by atoms with Crippen LogP contribution < -0.4 is 0 Å². The molecule has 0 saturated heterocycles. The van der Waals surface area contributed by atoms with Crippen molar-refractivity contribution in [2.24, 2.45) is 5.92 Å². The summed E-state index contributed by atoms with van der Waals surface area (Å²) in [4.78, 5) is 10.2. The molecule has 0 aliphatic rings. The highest BCUT2D eigenvalue weighted by atomic mass is 16.5. The Labute approximate surface area is 86.5 Å². The Kier molecular flexibility index (Phi) is 8.64. The minimum atomic E-state index is -0.705. The van der Waals surface area contributed by atoms with Crippen molar-refractivity contribution in [1.29, 1.82) is 0 Å². The number of hydrogen-bond acceptors (Lipinski definition) is 2. The number of rotatable bonds is 9. The molecule has 14 heavy (non-hydrogen) atoms. The molecule has 0 heterocycles. The Morgan fingerprint density at radius 2 is 2.14 bits per heavy atom. The zero-order valence-corrected chi connectivity index (χ0v) is 9.29. The summed E-state index contributed by atoms with van der Waals surface area (Å²) in [5.41, 5.74) is 0. The summed E-state index contributed by atoms with van der Waals surface area (Å²) in [5.74, 6) is -0.227. The van der Waals surface area contributed by atoms with Gasteiger partial charge in [-0.25, -0.2) is 0 Å². The first-order valence-corrected chi connectivity index (χ1v) is 5.46. The minimum absolute atomic E-state index is 0.277. The molecule has 0 saturated carbocycles. The quantitative estimate of drug-likeness (QED) is 0.585. The Morgan fingerprint density at radius 1 is 1.43 bits per heavy atom. The topological polar surface area (TPSA) is 46.5 Å². The molecule has 0 spiro atoms. The third-order valence-corrected chi connectivity index (χ3v) is 2.13. The lowest BCUT2D eigenvalue weighted by atomic mass is 10.1. The fourth-order valence-electron chi connectivity index (χ4n) is 1.22. The monoisotopic (exact) mass is 202 g/mol. The van der Waals surface area contributed by atoms with E-state index in [0.29, 0.717) is 5.92 Å². The van der Waals surface area contributed by atoms with Crippen molar-refractivity contribution in [3.63, 3.8) is 0 Å². The van der Waals surface area contributed by atoms with E-state index in [2.05, 4.69) is 13.8 Å². The van der Waals surface area contributed by atoms with Crippen LogP contribution in [0.25, 0.3) is 0 Å². The second-order valence-electron chi connectivity index (χ2n) is 3.82. The first kappa shape index (κ1) is 13.4. The zero-order chi connectivity index (χ0) is 10.8. The van der Waals surface area contributed by atoms with Crippen molar-refractivity contribution >= 4 is 5.97 Å². The Bertz CT molecular complexity index is 145. The van der Waals surface area contributed by atoms with Crippen LogP contribution in [0.5, 0.6) is 0 Å². The van der Waals surface area contributed by atoms with Crippen LogP contribution in [0.4, 0.5) is 0 Å². The van der Waals surface area contributed by atoms with Crippen LogP contribution in [-0.2, 0) is 9.53 Å². The molecule has 0 aromatic rings. The molecule has 0 radical (unpaired) electrons. The van der Waals surface area contributed by atoms with Gasteiger partial charge in [-0.2, -0.15) is 0 Å². The highest BCUT2D eigenvalue weighted by molar-refractivity contribution is 5.66. The van der Waals surface area contributed by atoms with E-state index in [9.17, 15) is 4.79 Å². The molecule has 0 amide bonds. The molecule has 3 nitrogen and oxygen atoms in total. The first-order chi connectivity index (χ1) is 6.66. The van der Waals surface area contributed by atoms with E-state index in [-0.39, 0.29) is 6.42 Å². The maximum Gasteiger partial charge on any atom is 0.303 e. The second-order valence-corrected chi connectivity index (χ2v) is 3.82. The normalized spacial score (nSPS) is 12.7. The molecule has 84 valence electrons. The van der Waals surface area contributed by atoms with Gasteiger partial charge in [0.25, 0.3) is 0 Å². The molecule has 1 atom stereocenters. The number of unbranched alkanes of at least 4 members (excludes halogenated alkanes) is 1. The zero-order valence-electron chi connectivity index (χ0n) is 9.29. The molecule has 0 aliphatic heterocycles. The van der Waals surface area contributed by atoms with E-state index in [0.717, 1.165) is 38.9 Å². The number of ether oxygens (including phenoxy) is 1. The molecule has 0 bridgehead atoms. The van der Waals surface area contributed by atoms with Crippen LogP contribution in [0, 0.1) is 5.92 Å². The standard InChI is InChI=1S/C11H22O3/c1-3-4-8-14-9-10(2)6-5-7-11(12)13/h10H,3-9H2,1-2H3,(H,12,13). The van der Waals surface area contributed by atoms with E-state index >= 15 is 0 Å². The molecule has 0 fully saturated rings. The van der Waals surface area contributed by atoms with Gasteiger partial charge in [0.2, 0.25) is 0 Å². The Hall–Kier alpha value is -0.570. The van der Waals surface area contributed by atoms with Crippen LogP contribution >= 0.6 is 0 Å². The summed E-state index contributed by atoms with van der Waals surface area (Å²) < 4.78 is 5.45. The maximum absolute atomic E-state index is 10.2. The van der Waals surface area contributed by atoms with E-state index < -0.39 is 5.97 Å². The van der Waals surface area contributed by atoms with Crippen molar-refractivity contribution < 1.29 is 14.6 Å². The summed E-state index contributed by atoms with van der Waals surface area (Å²) in [5, 5.41) is 8.44. The number of carbonyl (C=O) groups is 1. The summed E-state index contributed by atoms with van der Waals surface area (Å²) in [6.45, 7) is 5.84. The third-order valence-electron chi connectivity index (χ3n) is 2.13. The second kappa shape index (κ2) is 9.00. The van der Waals surface area contributed by atoms with Gasteiger partial charge in [0.15, 0.2) is 0 Å². The molecular formula is C11H22O3. The van der Waals surface area contributed by atoms with Crippen molar-refractivity contribution in [3.05, 3.63) is 0 Å². The lowest BCUT2D eigenvalue weighted by Crippen LogP contribution is -2.07. The van der Waals surface area contributed by atoms with Crippen molar-refractivity contribution in [3.8, 4) is 0 Å². The van der Waals surface area contributed by atoms with Gasteiger partial charge in [-0.1, -0.05) is 20.3 Å². The Morgan fingerprint density at radius 3 is 2.71 bits per heavy atom. The van der Waals surface area contributed by atoms with Gasteiger partial charge in [-0.3, -0.25) is 4.79 Å². The van der Waals surface area contributed by atoms with Gasteiger partial charge in [0, 0.05) is 19.6 Å². The van der Waals surface area contributed by atoms with Crippen LogP contribution in [0.2, 0.25) is 0 Å². The maximum atomic E-state index is 10.2. The summed E-state index contributed by atoms with van der Waals surface area (Å²) >= 11 is 0. The Balaban J connectivity index is 3.19. The van der Waals surface area contributed by atoms with Crippen LogP contribution in [0.1, 0.15) is 46.0 Å². The number of carboxylic acid groups (broad SMARTS) is 1. The number of aliphatic carboxylic acids is 1. The van der Waals surface area contributed by atoms with Crippen LogP contribution in [0.3, 0.4) is 0 Å². The largest absolute Gasteiger partial charge is 0.481 e. The average Bonchev–Trinajstić information content (AvgIpc) is 2.12. The van der Waals surface area contributed by atoms with E-state index in [1.165, 1.54) is 0 Å².